The van der Waals surface area contributed by atoms with Crippen LogP contribution in [0.2, 0.25) is 0 Å². The van der Waals surface area contributed by atoms with Gasteiger partial charge in [-0.3, -0.25) is 19.4 Å². The Morgan fingerprint density at radius 1 is 0.429 bits per heavy atom. The predicted octanol–water partition coefficient (Wildman–Crippen LogP) is 10.4. The van der Waals surface area contributed by atoms with Crippen LogP contribution in [0.15, 0.2) is 107 Å². The van der Waals surface area contributed by atoms with Gasteiger partial charge >= 0.3 is 11.9 Å². The maximum Gasteiger partial charge on any atom is 0.331 e. The molecule has 8 heteroatoms. The topological polar surface area (TPSA) is 93.2 Å². The summed E-state index contributed by atoms with van der Waals surface area (Å²) >= 11 is 0. The van der Waals surface area contributed by atoms with Gasteiger partial charge < -0.3 is 9.47 Å². The second-order valence-electron chi connectivity index (χ2n) is 15.1. The predicted molar refractivity (Wildman–Crippen MR) is 234 cm³/mol. The second-order valence-corrected chi connectivity index (χ2v) is 15.1. The molecule has 0 saturated heterocycles. The number of esters is 2. The van der Waals surface area contributed by atoms with E-state index in [1.165, 1.54) is 22.3 Å². The summed E-state index contributed by atoms with van der Waals surface area (Å²) in [5, 5.41) is 0. The van der Waals surface area contributed by atoms with Gasteiger partial charge in [-0.1, -0.05) is 70.9 Å². The Morgan fingerprint density at radius 2 is 0.750 bits per heavy atom. The van der Waals surface area contributed by atoms with Gasteiger partial charge in [-0.15, -0.1) is 13.2 Å². The van der Waals surface area contributed by atoms with Gasteiger partial charge in [0.1, 0.15) is 24.8 Å². The molecule has 56 heavy (non-hydrogen) atoms. The van der Waals surface area contributed by atoms with E-state index in [1.54, 1.807) is 0 Å². The lowest BCUT2D eigenvalue weighted by atomic mass is 10.0. The van der Waals surface area contributed by atoms with Crippen LogP contribution in [0.4, 0.5) is 0 Å². The molecule has 0 rings (SSSR count). The molecule has 0 aliphatic heterocycles. The summed E-state index contributed by atoms with van der Waals surface area (Å²) in [5.41, 5.74) is 6.87. The summed E-state index contributed by atoms with van der Waals surface area (Å²) in [6.45, 7) is 23.4. The quantitative estimate of drug-likeness (QED) is 0.0379. The third kappa shape index (κ3) is 32.1. The highest BCUT2D eigenvalue weighted by molar-refractivity contribution is 5.91. The lowest BCUT2D eigenvalue weighted by molar-refractivity contribution is -0.139. The van der Waals surface area contributed by atoms with Crippen LogP contribution in [0.3, 0.4) is 0 Å². The first-order valence-electron chi connectivity index (χ1n) is 20.2. The zero-order chi connectivity index (χ0) is 42.1. The number of carbonyl (C=O) groups excluding carboxylic acids is 4. The third-order valence-electron chi connectivity index (χ3n) is 9.12. The zero-order valence-corrected chi connectivity index (χ0v) is 36.3. The molecule has 0 aliphatic carbocycles. The highest BCUT2D eigenvalue weighted by atomic mass is 16.5. The fourth-order valence-corrected chi connectivity index (χ4v) is 5.32. The number of hydrogen-bond acceptors (Lipinski definition) is 8. The average Bonchev–Trinajstić information content (AvgIpc) is 3.15. The first-order valence-corrected chi connectivity index (χ1v) is 20.2. The van der Waals surface area contributed by atoms with Gasteiger partial charge in [0.2, 0.25) is 0 Å². The monoisotopic (exact) mass is 775 g/mol. The van der Waals surface area contributed by atoms with Crippen molar-refractivity contribution in [1.82, 2.24) is 9.80 Å². The fourth-order valence-electron chi connectivity index (χ4n) is 5.32. The summed E-state index contributed by atoms with van der Waals surface area (Å²) < 4.78 is 10.4. The first kappa shape index (κ1) is 51.9. The SMILES string of the molecule is C=CCN(C)C/C=C(\C)CC/C=C(\C)CCC(=O)CCC=C(C)COC(=O)/C=C/C(=O)OCC(C)=CCCC(=O)CC/C(C)=C/CC/C(C)=C/CN(C)CC=C. The van der Waals surface area contributed by atoms with Crippen molar-refractivity contribution in [3.05, 3.63) is 107 Å². The minimum Gasteiger partial charge on any atom is -0.458 e. The number of carbonyl (C=O) groups is 4. The maximum absolute atomic E-state index is 12.4. The Kier molecular flexibility index (Phi) is 30.6. The minimum atomic E-state index is -0.649. The first-order chi connectivity index (χ1) is 26.6. The van der Waals surface area contributed by atoms with E-state index in [4.69, 9.17) is 9.47 Å². The van der Waals surface area contributed by atoms with Gasteiger partial charge in [0.05, 0.1) is 0 Å². The lowest BCUT2D eigenvalue weighted by Gasteiger charge is -2.11. The molecular formula is C48H74N2O6. The molecule has 0 fully saturated rings. The van der Waals surface area contributed by atoms with E-state index < -0.39 is 11.9 Å². The van der Waals surface area contributed by atoms with Crippen molar-refractivity contribution in [3.8, 4) is 0 Å². The lowest BCUT2D eigenvalue weighted by Crippen LogP contribution is -2.18. The Bertz CT molecular complexity index is 1350. The van der Waals surface area contributed by atoms with Gasteiger partial charge in [-0.25, -0.2) is 9.59 Å². The highest BCUT2D eigenvalue weighted by Crippen LogP contribution is 2.14. The van der Waals surface area contributed by atoms with Gasteiger partial charge in [0.25, 0.3) is 0 Å². The molecular weight excluding hydrogens is 701 g/mol. The summed E-state index contributed by atoms with van der Waals surface area (Å²) in [6, 6.07) is 0. The van der Waals surface area contributed by atoms with E-state index in [0.717, 1.165) is 88.0 Å². The summed E-state index contributed by atoms with van der Waals surface area (Å²) in [4.78, 5) is 53.4. The molecule has 0 atom stereocenters. The summed E-state index contributed by atoms with van der Waals surface area (Å²) in [5.74, 6) is -0.875. The highest BCUT2D eigenvalue weighted by Gasteiger charge is 2.06. The molecule has 0 saturated carbocycles. The summed E-state index contributed by atoms with van der Waals surface area (Å²) in [6.07, 6.45) is 27.3. The molecule has 0 bridgehead atoms. The molecule has 0 N–H and O–H groups in total. The standard InChI is InChI=1S/C48H74N2O6/c1-11-33-49(9)35-31-41(5)19-13-17-39(3)25-27-45(51)23-15-21-43(7)37-55-47(53)29-30-48(54)56-38-44(8)22-16-24-46(52)28-26-40(4)18-14-20-42(6)32-36-50(10)34-12-2/h11-12,17-18,21-22,29-32H,1-2,13-16,19-20,23-28,33-38H2,3-10H3/b30-29+,39-17+,40-18+,41-31+,42-32+,43-21?,44-22?. The van der Waals surface area contributed by atoms with E-state index in [0.29, 0.717) is 38.5 Å². The van der Waals surface area contributed by atoms with Gasteiger partial charge in [-0.05, 0) is 118 Å². The molecule has 0 aromatic heterocycles. The zero-order valence-electron chi connectivity index (χ0n) is 36.3. The van der Waals surface area contributed by atoms with Crippen molar-refractivity contribution in [2.24, 2.45) is 0 Å². The number of likely N-dealkylation sites (N-methyl/N-ethyl adjacent to an activating group) is 2. The van der Waals surface area contributed by atoms with E-state index in [1.807, 2.05) is 38.2 Å². The van der Waals surface area contributed by atoms with E-state index in [-0.39, 0.29) is 24.8 Å². The van der Waals surface area contributed by atoms with Crippen LogP contribution in [0.25, 0.3) is 0 Å². The number of rotatable bonds is 32. The molecule has 0 aromatic carbocycles. The second kappa shape index (κ2) is 33.0. The molecule has 0 aliphatic rings. The third-order valence-corrected chi connectivity index (χ3v) is 9.12. The Morgan fingerprint density at radius 3 is 1.11 bits per heavy atom. The molecule has 0 amide bonds. The number of ketones is 2. The van der Waals surface area contributed by atoms with Crippen molar-refractivity contribution in [2.75, 3.05) is 53.5 Å². The molecule has 312 valence electrons. The van der Waals surface area contributed by atoms with Crippen LogP contribution in [-0.2, 0) is 28.7 Å². The van der Waals surface area contributed by atoms with Crippen LogP contribution in [0, 0.1) is 0 Å². The Balaban J connectivity index is 4.26. The number of nitrogens with zero attached hydrogens (tertiary/aromatic N) is 2. The average molecular weight is 775 g/mol. The maximum atomic E-state index is 12.4. The Hall–Kier alpha value is -4.14. The molecule has 0 aromatic rings. The van der Waals surface area contributed by atoms with Gasteiger partial charge in [-0.2, -0.15) is 0 Å². The van der Waals surface area contributed by atoms with E-state index in [2.05, 4.69) is 89.1 Å². The van der Waals surface area contributed by atoms with Gasteiger partial charge in [0, 0.05) is 64.0 Å². The van der Waals surface area contributed by atoms with Crippen LogP contribution in [-0.4, -0.2) is 86.8 Å². The fraction of sp³-hybridized carbons (Fsp3) is 0.542. The molecule has 0 spiro atoms. The van der Waals surface area contributed by atoms with Crippen molar-refractivity contribution in [3.63, 3.8) is 0 Å². The summed E-state index contributed by atoms with van der Waals surface area (Å²) in [7, 11) is 4.15. The van der Waals surface area contributed by atoms with Crippen molar-refractivity contribution in [2.45, 2.75) is 119 Å². The number of allylic oxidation sites excluding steroid dienone is 8. The molecule has 8 nitrogen and oxygen atoms in total. The molecule has 0 radical (unpaired) electrons. The van der Waals surface area contributed by atoms with Crippen molar-refractivity contribution >= 4 is 23.5 Å². The Labute approximate surface area is 340 Å². The van der Waals surface area contributed by atoms with Crippen molar-refractivity contribution < 1.29 is 28.7 Å². The van der Waals surface area contributed by atoms with Crippen LogP contribution < -0.4 is 0 Å². The largest absolute Gasteiger partial charge is 0.458 e. The van der Waals surface area contributed by atoms with Crippen LogP contribution in [0.5, 0.6) is 0 Å². The van der Waals surface area contributed by atoms with Gasteiger partial charge in [0.15, 0.2) is 0 Å². The number of hydrogen-bond donors (Lipinski definition) is 0. The molecule has 0 unspecified atom stereocenters. The normalized spacial score (nSPS) is 13.5. The van der Waals surface area contributed by atoms with Crippen LogP contribution >= 0.6 is 0 Å². The minimum absolute atomic E-state index is 0.0789. The van der Waals surface area contributed by atoms with E-state index >= 15 is 0 Å². The molecule has 0 heterocycles. The number of Topliss-reactive ketones (excluding diaryl/α,β-unsaturated/α-hetero) is 2. The van der Waals surface area contributed by atoms with Crippen LogP contribution in [0.1, 0.15) is 119 Å². The van der Waals surface area contributed by atoms with Crippen molar-refractivity contribution in [1.29, 1.82) is 0 Å². The van der Waals surface area contributed by atoms with E-state index in [9.17, 15) is 19.2 Å². The number of ether oxygens (including phenoxy) is 2. The smallest absolute Gasteiger partial charge is 0.331 e.